The maximum absolute atomic E-state index is 13.4. The molecule has 6 aromatic rings. The minimum atomic E-state index is -1.64. The molecule has 1 fully saturated rings. The van der Waals surface area contributed by atoms with Crippen molar-refractivity contribution in [2.24, 2.45) is 0 Å². The quantitative estimate of drug-likeness (QED) is 0.106. The molecule has 0 bridgehead atoms. The molecule has 2 N–H and O–H groups in total. The van der Waals surface area contributed by atoms with Crippen LogP contribution in [0.25, 0.3) is 33.0 Å². The van der Waals surface area contributed by atoms with Crippen LogP contribution >= 0.6 is 8.30 Å². The minimum Gasteiger partial charge on any atom is -0.496 e. The van der Waals surface area contributed by atoms with Gasteiger partial charge in [0.25, 0.3) is 5.91 Å². The Morgan fingerprint density at radius 3 is 2.23 bits per heavy atom. The second-order valence-electron chi connectivity index (χ2n) is 13.7. The molecule has 4 atom stereocenters. The number of rotatable bonds is 14. The molecule has 1 aromatic heterocycles. The number of amides is 1. The zero-order valence-corrected chi connectivity index (χ0v) is 33.3. The Morgan fingerprint density at radius 1 is 0.895 bits per heavy atom. The van der Waals surface area contributed by atoms with Crippen molar-refractivity contribution < 1.29 is 33.4 Å². The van der Waals surface area contributed by atoms with Crippen molar-refractivity contribution in [3.05, 3.63) is 143 Å². The van der Waals surface area contributed by atoms with Gasteiger partial charge in [-0.1, -0.05) is 78.9 Å². The lowest BCUT2D eigenvalue weighted by Gasteiger charge is -2.37. The van der Waals surface area contributed by atoms with Crippen molar-refractivity contribution in [3.63, 3.8) is 0 Å². The highest BCUT2D eigenvalue weighted by molar-refractivity contribution is 7.51. The molecule has 1 aliphatic rings. The third kappa shape index (κ3) is 8.06. The van der Waals surface area contributed by atoms with Gasteiger partial charge in [0.1, 0.15) is 37.9 Å². The molecule has 1 unspecified atom stereocenters. The fourth-order valence-electron chi connectivity index (χ4n) is 7.50. The lowest BCUT2D eigenvalue weighted by Crippen LogP contribution is -2.42. The number of aromatic nitrogens is 2. The average molecular weight is 789 g/mol. The molecule has 0 spiro atoms. The first kappa shape index (κ1) is 39.8. The molecule has 5 aromatic carbocycles. The summed E-state index contributed by atoms with van der Waals surface area (Å²) in [5.74, 6) is 1.12. The van der Waals surface area contributed by atoms with Gasteiger partial charge in [-0.25, -0.2) is 4.79 Å². The number of fused-ring (bicyclic) bond motifs is 1. The van der Waals surface area contributed by atoms with E-state index < -0.39 is 37.6 Å². The van der Waals surface area contributed by atoms with E-state index in [1.165, 1.54) is 16.8 Å². The number of anilines is 1. The first-order valence-corrected chi connectivity index (χ1v) is 19.6. The van der Waals surface area contributed by atoms with E-state index in [4.69, 9.17) is 23.5 Å². The van der Waals surface area contributed by atoms with Crippen LogP contribution in [0, 0.1) is 0 Å². The third-order valence-corrected chi connectivity index (χ3v) is 12.2. The number of nitrogens with one attached hydrogen (secondary N) is 1. The van der Waals surface area contributed by atoms with Gasteiger partial charge in [-0.3, -0.25) is 14.0 Å². The Bertz CT molecular complexity index is 2430. The molecular weight excluding hydrogens is 743 g/mol. The molecule has 294 valence electrons. The summed E-state index contributed by atoms with van der Waals surface area (Å²) in [5.41, 5.74) is 4.33. The highest BCUT2D eigenvalue weighted by atomic mass is 31.2. The molecule has 13 heteroatoms. The van der Waals surface area contributed by atoms with Crippen LogP contribution in [0.15, 0.2) is 126 Å². The molecule has 0 aliphatic carbocycles. The van der Waals surface area contributed by atoms with E-state index in [-0.39, 0.29) is 25.5 Å². The van der Waals surface area contributed by atoms with Gasteiger partial charge < -0.3 is 33.9 Å². The lowest BCUT2D eigenvalue weighted by molar-refractivity contribution is -0.0776. The van der Waals surface area contributed by atoms with Crippen molar-refractivity contribution in [2.75, 3.05) is 47.3 Å². The van der Waals surface area contributed by atoms with E-state index >= 15 is 0 Å². The van der Waals surface area contributed by atoms with Crippen LogP contribution in [0.3, 0.4) is 0 Å². The number of aliphatic hydroxyl groups is 1. The van der Waals surface area contributed by atoms with E-state index in [0.717, 1.165) is 44.3 Å². The van der Waals surface area contributed by atoms with Crippen LogP contribution in [-0.2, 0) is 20.6 Å². The molecule has 1 amide bonds. The molecule has 0 radical (unpaired) electrons. The number of para-hydroxylation sites is 2. The van der Waals surface area contributed by atoms with Crippen molar-refractivity contribution in [1.29, 1.82) is 0 Å². The van der Waals surface area contributed by atoms with Crippen molar-refractivity contribution >= 4 is 30.8 Å². The van der Waals surface area contributed by atoms with E-state index in [9.17, 15) is 14.7 Å². The minimum absolute atomic E-state index is 0.0226. The number of carbonyl (C=O) groups is 1. The molecule has 7 rings (SSSR count). The summed E-state index contributed by atoms with van der Waals surface area (Å²) in [7, 11) is 6.87. The highest BCUT2D eigenvalue weighted by Gasteiger charge is 2.55. The Hall–Kier alpha value is -5.46. The number of benzene rings is 5. The molecule has 0 saturated carbocycles. The summed E-state index contributed by atoms with van der Waals surface area (Å²) in [4.78, 5) is 30.3. The number of methoxy groups -OCH3 is 2. The predicted molar refractivity (Wildman–Crippen MR) is 222 cm³/mol. The summed E-state index contributed by atoms with van der Waals surface area (Å²) < 4.78 is 33.9. The molecular formula is C44H45N4O8P. The molecule has 1 aliphatic heterocycles. The maximum Gasteiger partial charge on any atom is 0.351 e. The van der Waals surface area contributed by atoms with Crippen molar-refractivity contribution in [1.82, 2.24) is 14.2 Å². The van der Waals surface area contributed by atoms with Gasteiger partial charge in [-0.15, -0.1) is 0 Å². The van der Waals surface area contributed by atoms with Crippen LogP contribution in [0.5, 0.6) is 11.5 Å². The molecule has 1 saturated heterocycles. The van der Waals surface area contributed by atoms with Crippen LogP contribution in [0.2, 0.25) is 0 Å². The summed E-state index contributed by atoms with van der Waals surface area (Å²) >= 11 is 0. The van der Waals surface area contributed by atoms with Gasteiger partial charge >= 0.3 is 5.69 Å². The molecule has 12 nitrogen and oxygen atoms in total. The number of carbonyl (C=O) groups excluding carboxylic acids is 1. The Balaban J connectivity index is 1.23. The maximum atomic E-state index is 13.4. The highest BCUT2D eigenvalue weighted by Crippen LogP contribution is 2.59. The summed E-state index contributed by atoms with van der Waals surface area (Å²) in [6.07, 6.45) is -0.279. The number of ether oxygens (including phenoxy) is 4. The van der Waals surface area contributed by atoms with Crippen LogP contribution in [-0.4, -0.2) is 78.7 Å². The topological polar surface area (TPSA) is 134 Å². The van der Waals surface area contributed by atoms with Gasteiger partial charge in [0.05, 0.1) is 27.4 Å². The van der Waals surface area contributed by atoms with E-state index in [2.05, 4.69) is 28.5 Å². The Labute approximate surface area is 332 Å². The number of hydrogen-bond acceptors (Lipinski definition) is 10. The Morgan fingerprint density at radius 2 is 1.54 bits per heavy atom. The lowest BCUT2D eigenvalue weighted by atomic mass is 9.86. The summed E-state index contributed by atoms with van der Waals surface area (Å²) in [6.45, 7) is 0.108. The summed E-state index contributed by atoms with van der Waals surface area (Å²) in [6, 6.07) is 36.3. The van der Waals surface area contributed by atoms with Crippen LogP contribution in [0.4, 0.5) is 5.82 Å². The fourth-order valence-corrected chi connectivity index (χ4v) is 9.53. The zero-order valence-electron chi connectivity index (χ0n) is 32.4. The van der Waals surface area contributed by atoms with E-state index in [0.29, 0.717) is 11.3 Å². The summed E-state index contributed by atoms with van der Waals surface area (Å²) in [5, 5.41) is 15.6. The van der Waals surface area contributed by atoms with E-state index in [1.807, 2.05) is 85.5 Å². The van der Waals surface area contributed by atoms with Gasteiger partial charge in [-0.05, 0) is 78.0 Å². The number of hydrogen-bond donors (Lipinski definition) is 2. The van der Waals surface area contributed by atoms with Gasteiger partial charge in [0, 0.05) is 36.4 Å². The first-order chi connectivity index (χ1) is 27.7. The first-order valence-electron chi connectivity index (χ1n) is 18.4. The van der Waals surface area contributed by atoms with E-state index in [1.54, 1.807) is 45.6 Å². The van der Waals surface area contributed by atoms with Gasteiger partial charge in [0.15, 0.2) is 5.34 Å². The second-order valence-corrected chi connectivity index (χ2v) is 16.2. The smallest absolute Gasteiger partial charge is 0.351 e. The SMILES string of the molecule is COc1ccccc1-c1cc2ccccc2c(COC[C@H]2O[C@@H](n3ccc(NC(=O)c4ccccc4)nc3=O)C[C@]2(O)P(OC)N(C)C)c1-c1ccccc1OC. The third-order valence-electron chi connectivity index (χ3n) is 10.0. The normalized spacial score (nSPS) is 18.4. The largest absolute Gasteiger partial charge is 0.496 e. The Kier molecular flexibility index (Phi) is 12.1. The van der Waals surface area contributed by atoms with Crippen molar-refractivity contribution in [2.45, 2.75) is 30.7 Å². The molecule has 57 heavy (non-hydrogen) atoms. The monoisotopic (exact) mass is 788 g/mol. The second kappa shape index (κ2) is 17.4. The average Bonchev–Trinajstić information content (AvgIpc) is 3.56. The molecule has 2 heterocycles. The predicted octanol–water partition coefficient (Wildman–Crippen LogP) is 7.71. The number of nitrogens with zero attached hydrogens (tertiary/aromatic N) is 3. The van der Waals surface area contributed by atoms with Crippen LogP contribution in [0.1, 0.15) is 28.6 Å². The van der Waals surface area contributed by atoms with Crippen molar-refractivity contribution in [3.8, 4) is 33.8 Å². The van der Waals surface area contributed by atoms with Crippen LogP contribution < -0.4 is 20.5 Å². The van der Waals surface area contributed by atoms with Gasteiger partial charge in [-0.2, -0.15) is 4.98 Å². The standard InChI is InChI=1S/C44H45N4O8P/c1-47(2)57(54-5)44(51)26-40(48-24-23-39(46-43(48)50)45-42(49)29-15-7-6-8-16-29)56-38(44)28-55-27-35-31-18-10-9-17-30(31)25-34(32-19-11-13-21-36(32)52-3)41(35)33-20-12-14-22-37(33)53-4/h6-25,38,40,51H,26-28H2,1-5H3,(H,45,46,49,50)/t38-,40-,44+,57?/m1/s1. The fraction of sp³-hybridized carbons (Fsp3) is 0.250. The van der Waals surface area contributed by atoms with Gasteiger partial charge in [0.2, 0.25) is 0 Å². The zero-order chi connectivity index (χ0) is 40.1.